The highest BCUT2D eigenvalue weighted by Crippen LogP contribution is 2.45. The van der Waals surface area contributed by atoms with Crippen LogP contribution < -0.4 is 0 Å². The molecule has 1 saturated carbocycles. The quantitative estimate of drug-likeness (QED) is 0.803. The lowest BCUT2D eigenvalue weighted by molar-refractivity contribution is -0.183. The first kappa shape index (κ1) is 11.2. The van der Waals surface area contributed by atoms with Crippen molar-refractivity contribution in [1.82, 2.24) is 0 Å². The van der Waals surface area contributed by atoms with Gasteiger partial charge in [0.05, 0.1) is 18.3 Å². The highest BCUT2D eigenvalue weighted by Gasteiger charge is 2.50. The van der Waals surface area contributed by atoms with E-state index in [1.807, 2.05) is 6.07 Å². The van der Waals surface area contributed by atoms with Crippen molar-refractivity contribution >= 4 is 0 Å². The highest BCUT2D eigenvalue weighted by atomic mass is 19.1. The van der Waals surface area contributed by atoms with Crippen LogP contribution in [-0.4, -0.2) is 18.3 Å². The third kappa shape index (κ3) is 1.98. The summed E-state index contributed by atoms with van der Waals surface area (Å²) in [5.41, 5.74) is 0.596. The van der Waals surface area contributed by atoms with E-state index in [4.69, 9.17) is 9.47 Å². The molecule has 1 saturated heterocycles. The molecule has 1 aromatic carbocycles. The summed E-state index contributed by atoms with van der Waals surface area (Å²) in [5.74, 6) is -0.187. The van der Waals surface area contributed by atoms with Crippen LogP contribution in [-0.2, 0) is 16.1 Å². The first-order valence-electron chi connectivity index (χ1n) is 6.29. The maximum atomic E-state index is 13.4. The number of ether oxygens (including phenoxy) is 2. The Morgan fingerprint density at radius 1 is 1.35 bits per heavy atom. The van der Waals surface area contributed by atoms with Gasteiger partial charge in [-0.1, -0.05) is 18.2 Å². The fraction of sp³-hybridized carbons (Fsp3) is 0.571. The molecule has 0 radical (unpaired) electrons. The van der Waals surface area contributed by atoms with E-state index in [0.29, 0.717) is 12.2 Å². The second-order valence-corrected chi connectivity index (χ2v) is 4.95. The van der Waals surface area contributed by atoms with Crippen molar-refractivity contribution in [3.05, 3.63) is 35.6 Å². The molecule has 1 aliphatic carbocycles. The normalized spacial score (nSPS) is 31.7. The standard InChI is InChI=1S/C14H17FO2/c15-12-5-2-1-4-11(12)10-16-13-6-8-14(13)7-3-9-17-14/h1-2,4-5,13H,3,6-10H2. The third-order valence-electron chi connectivity index (χ3n) is 3.95. The van der Waals surface area contributed by atoms with E-state index in [9.17, 15) is 4.39 Å². The first-order chi connectivity index (χ1) is 8.30. The molecule has 3 heteroatoms. The Morgan fingerprint density at radius 2 is 2.24 bits per heavy atom. The summed E-state index contributed by atoms with van der Waals surface area (Å²) in [6.07, 6.45) is 4.50. The molecule has 0 bridgehead atoms. The Bertz CT molecular complexity index is 399. The highest BCUT2D eigenvalue weighted by molar-refractivity contribution is 5.16. The summed E-state index contributed by atoms with van der Waals surface area (Å²) < 4.78 is 25.0. The van der Waals surface area contributed by atoms with Crippen molar-refractivity contribution in [2.24, 2.45) is 0 Å². The summed E-state index contributed by atoms with van der Waals surface area (Å²) in [6, 6.07) is 6.78. The zero-order valence-corrected chi connectivity index (χ0v) is 9.82. The molecule has 0 N–H and O–H groups in total. The zero-order chi connectivity index (χ0) is 11.7. The van der Waals surface area contributed by atoms with Gasteiger partial charge in [0.2, 0.25) is 0 Å². The van der Waals surface area contributed by atoms with Gasteiger partial charge in [-0.05, 0) is 31.7 Å². The number of hydrogen-bond donors (Lipinski definition) is 0. The smallest absolute Gasteiger partial charge is 0.128 e. The molecule has 2 unspecified atom stereocenters. The van der Waals surface area contributed by atoms with Crippen LogP contribution in [0.25, 0.3) is 0 Å². The van der Waals surface area contributed by atoms with Crippen LogP contribution in [0.5, 0.6) is 0 Å². The van der Waals surface area contributed by atoms with Gasteiger partial charge >= 0.3 is 0 Å². The molecule has 0 amide bonds. The molecule has 2 nitrogen and oxygen atoms in total. The van der Waals surface area contributed by atoms with E-state index in [1.54, 1.807) is 12.1 Å². The zero-order valence-electron chi connectivity index (χ0n) is 9.82. The molecule has 3 rings (SSSR count). The number of hydrogen-bond acceptors (Lipinski definition) is 2. The van der Waals surface area contributed by atoms with Crippen LogP contribution in [0.15, 0.2) is 24.3 Å². The van der Waals surface area contributed by atoms with Gasteiger partial charge in [0.1, 0.15) is 5.82 Å². The minimum atomic E-state index is -0.187. The Morgan fingerprint density at radius 3 is 2.88 bits per heavy atom. The van der Waals surface area contributed by atoms with Crippen LogP contribution in [0.1, 0.15) is 31.2 Å². The molecule has 2 aliphatic rings. The molecule has 2 fully saturated rings. The van der Waals surface area contributed by atoms with E-state index in [-0.39, 0.29) is 17.5 Å². The molecular formula is C14H17FO2. The van der Waals surface area contributed by atoms with Gasteiger partial charge in [-0.2, -0.15) is 0 Å². The lowest BCUT2D eigenvalue weighted by Gasteiger charge is -2.45. The van der Waals surface area contributed by atoms with Gasteiger partial charge in [0, 0.05) is 12.2 Å². The minimum absolute atomic E-state index is 0.0365. The largest absolute Gasteiger partial charge is 0.372 e. The summed E-state index contributed by atoms with van der Waals surface area (Å²) in [4.78, 5) is 0. The predicted octanol–water partition coefficient (Wildman–Crippen LogP) is 3.05. The molecule has 1 aromatic rings. The molecule has 2 atom stereocenters. The Labute approximate surface area is 101 Å². The number of halogens is 1. The van der Waals surface area contributed by atoms with E-state index in [2.05, 4.69) is 0 Å². The fourth-order valence-corrected chi connectivity index (χ4v) is 2.80. The van der Waals surface area contributed by atoms with Crippen LogP contribution in [0, 0.1) is 5.82 Å². The molecule has 1 aliphatic heterocycles. The van der Waals surface area contributed by atoms with Crippen molar-refractivity contribution in [2.45, 2.75) is 44.0 Å². The van der Waals surface area contributed by atoms with E-state index < -0.39 is 0 Å². The minimum Gasteiger partial charge on any atom is -0.372 e. The van der Waals surface area contributed by atoms with Gasteiger partial charge in [-0.15, -0.1) is 0 Å². The van der Waals surface area contributed by atoms with Crippen LogP contribution in [0.2, 0.25) is 0 Å². The first-order valence-corrected chi connectivity index (χ1v) is 6.29. The van der Waals surface area contributed by atoms with Crippen molar-refractivity contribution in [3.8, 4) is 0 Å². The molecule has 1 spiro atoms. The van der Waals surface area contributed by atoms with E-state index >= 15 is 0 Å². The average molecular weight is 236 g/mol. The van der Waals surface area contributed by atoms with E-state index in [0.717, 1.165) is 32.3 Å². The lowest BCUT2D eigenvalue weighted by Crippen LogP contribution is -2.52. The van der Waals surface area contributed by atoms with Gasteiger partial charge in [-0.3, -0.25) is 0 Å². The maximum absolute atomic E-state index is 13.4. The van der Waals surface area contributed by atoms with E-state index in [1.165, 1.54) is 6.07 Å². The van der Waals surface area contributed by atoms with Gasteiger partial charge in [0.25, 0.3) is 0 Å². The van der Waals surface area contributed by atoms with Crippen molar-refractivity contribution in [2.75, 3.05) is 6.61 Å². The summed E-state index contributed by atoms with van der Waals surface area (Å²) in [7, 11) is 0. The average Bonchev–Trinajstić information content (AvgIpc) is 2.82. The predicted molar refractivity (Wildman–Crippen MR) is 62.1 cm³/mol. The molecule has 0 aromatic heterocycles. The van der Waals surface area contributed by atoms with Crippen LogP contribution >= 0.6 is 0 Å². The summed E-state index contributed by atoms with van der Waals surface area (Å²) in [6.45, 7) is 1.20. The van der Waals surface area contributed by atoms with Crippen molar-refractivity contribution < 1.29 is 13.9 Å². The second-order valence-electron chi connectivity index (χ2n) is 4.95. The Hall–Kier alpha value is -0.930. The Kier molecular flexibility index (Phi) is 2.89. The van der Waals surface area contributed by atoms with Crippen LogP contribution in [0.3, 0.4) is 0 Å². The SMILES string of the molecule is Fc1ccccc1COC1CCC12CCCO2. The summed E-state index contributed by atoms with van der Waals surface area (Å²) in [5, 5.41) is 0. The number of benzene rings is 1. The number of rotatable bonds is 3. The molecular weight excluding hydrogens is 219 g/mol. The van der Waals surface area contributed by atoms with Gasteiger partial charge in [-0.25, -0.2) is 4.39 Å². The van der Waals surface area contributed by atoms with Crippen molar-refractivity contribution in [3.63, 3.8) is 0 Å². The molecule has 17 heavy (non-hydrogen) atoms. The van der Waals surface area contributed by atoms with Crippen LogP contribution in [0.4, 0.5) is 4.39 Å². The molecule has 92 valence electrons. The third-order valence-corrected chi connectivity index (χ3v) is 3.95. The van der Waals surface area contributed by atoms with Gasteiger partial charge < -0.3 is 9.47 Å². The van der Waals surface area contributed by atoms with Crippen molar-refractivity contribution in [1.29, 1.82) is 0 Å². The van der Waals surface area contributed by atoms with Gasteiger partial charge in [0.15, 0.2) is 0 Å². The Balaban J connectivity index is 1.60. The lowest BCUT2D eigenvalue weighted by atomic mass is 9.75. The monoisotopic (exact) mass is 236 g/mol. The summed E-state index contributed by atoms with van der Waals surface area (Å²) >= 11 is 0. The molecule has 1 heterocycles. The maximum Gasteiger partial charge on any atom is 0.128 e. The second kappa shape index (κ2) is 4.39. The topological polar surface area (TPSA) is 18.5 Å². The fourth-order valence-electron chi connectivity index (χ4n) is 2.80.